The maximum atomic E-state index is 11.9. The van der Waals surface area contributed by atoms with Gasteiger partial charge in [0.1, 0.15) is 0 Å². The molecule has 5 heteroatoms. The molecule has 2 N–H and O–H groups in total. The van der Waals surface area contributed by atoms with Gasteiger partial charge in [-0.05, 0) is 58.7 Å². The van der Waals surface area contributed by atoms with E-state index in [1.54, 1.807) is 12.1 Å². The molecule has 4 nitrogen and oxygen atoms in total. The Labute approximate surface area is 133 Å². The van der Waals surface area contributed by atoms with Crippen LogP contribution in [0.4, 0.5) is 0 Å². The number of aliphatic carboxylic acids is 1. The fraction of sp³-hybridized carbons (Fsp3) is 0.467. The number of hydrogen-bond donors (Lipinski definition) is 2. The summed E-state index contributed by atoms with van der Waals surface area (Å²) in [7, 11) is 0. The van der Waals surface area contributed by atoms with Crippen LogP contribution >= 0.6 is 22.6 Å². The van der Waals surface area contributed by atoms with E-state index in [2.05, 4.69) is 27.9 Å². The zero-order valence-corrected chi connectivity index (χ0v) is 14.1. The molecule has 1 aromatic carbocycles. The van der Waals surface area contributed by atoms with Gasteiger partial charge in [-0.2, -0.15) is 0 Å². The van der Waals surface area contributed by atoms with Crippen molar-refractivity contribution in [2.75, 3.05) is 6.54 Å². The van der Waals surface area contributed by atoms with Crippen LogP contribution in [0, 0.1) is 14.9 Å². The van der Waals surface area contributed by atoms with Crippen LogP contribution in [0.5, 0.6) is 0 Å². The van der Waals surface area contributed by atoms with Crippen LogP contribution in [0.15, 0.2) is 24.3 Å². The molecule has 0 radical (unpaired) electrons. The SMILES string of the molecule is CC(C)(C)CC(CNC(=O)c1ccc(I)cc1)C(=O)O. The number of carbonyl (C=O) groups is 2. The highest BCUT2D eigenvalue weighted by molar-refractivity contribution is 14.1. The van der Waals surface area contributed by atoms with Gasteiger partial charge in [-0.1, -0.05) is 20.8 Å². The molecule has 0 bridgehead atoms. The van der Waals surface area contributed by atoms with Crippen molar-refractivity contribution >= 4 is 34.5 Å². The Morgan fingerprint density at radius 2 is 1.80 bits per heavy atom. The summed E-state index contributed by atoms with van der Waals surface area (Å²) in [5.41, 5.74) is 0.460. The average molecular weight is 389 g/mol. The topological polar surface area (TPSA) is 66.4 Å². The van der Waals surface area contributed by atoms with Crippen molar-refractivity contribution in [3.05, 3.63) is 33.4 Å². The molecule has 1 rings (SSSR count). The van der Waals surface area contributed by atoms with E-state index >= 15 is 0 Å². The van der Waals surface area contributed by atoms with Gasteiger partial charge in [0, 0.05) is 15.7 Å². The van der Waals surface area contributed by atoms with Crippen LogP contribution < -0.4 is 5.32 Å². The predicted molar refractivity (Wildman–Crippen MR) is 86.7 cm³/mol. The number of carboxylic acids is 1. The fourth-order valence-electron chi connectivity index (χ4n) is 1.91. The van der Waals surface area contributed by atoms with Crippen LogP contribution in [0.25, 0.3) is 0 Å². The van der Waals surface area contributed by atoms with Crippen molar-refractivity contribution < 1.29 is 14.7 Å². The van der Waals surface area contributed by atoms with E-state index < -0.39 is 11.9 Å². The Bertz CT molecular complexity index is 477. The Kier molecular flexibility index (Phi) is 5.98. The minimum Gasteiger partial charge on any atom is -0.481 e. The summed E-state index contributed by atoms with van der Waals surface area (Å²) in [4.78, 5) is 23.2. The third kappa shape index (κ3) is 5.90. The molecule has 0 aliphatic rings. The van der Waals surface area contributed by atoms with Crippen molar-refractivity contribution in [3.63, 3.8) is 0 Å². The number of carbonyl (C=O) groups excluding carboxylic acids is 1. The van der Waals surface area contributed by atoms with Gasteiger partial charge >= 0.3 is 5.97 Å². The highest BCUT2D eigenvalue weighted by atomic mass is 127. The Morgan fingerprint density at radius 1 is 1.25 bits per heavy atom. The van der Waals surface area contributed by atoms with Gasteiger partial charge in [-0.25, -0.2) is 0 Å². The molecule has 0 saturated heterocycles. The monoisotopic (exact) mass is 389 g/mol. The third-order valence-corrected chi connectivity index (χ3v) is 3.54. The maximum absolute atomic E-state index is 11.9. The number of halogens is 1. The van der Waals surface area contributed by atoms with Gasteiger partial charge in [-0.15, -0.1) is 0 Å². The van der Waals surface area contributed by atoms with Crippen molar-refractivity contribution in [3.8, 4) is 0 Å². The van der Waals surface area contributed by atoms with Crippen LogP contribution in [0.3, 0.4) is 0 Å². The van der Waals surface area contributed by atoms with E-state index in [0.29, 0.717) is 12.0 Å². The molecule has 0 heterocycles. The fourth-order valence-corrected chi connectivity index (χ4v) is 2.26. The van der Waals surface area contributed by atoms with Crippen LogP contribution in [0.2, 0.25) is 0 Å². The molecular formula is C15H20INO3. The molecule has 0 fully saturated rings. The van der Waals surface area contributed by atoms with Gasteiger partial charge in [0.25, 0.3) is 5.91 Å². The maximum Gasteiger partial charge on any atom is 0.308 e. The van der Waals surface area contributed by atoms with E-state index in [4.69, 9.17) is 0 Å². The van der Waals surface area contributed by atoms with Gasteiger partial charge in [0.15, 0.2) is 0 Å². The van der Waals surface area contributed by atoms with Gasteiger partial charge in [0.2, 0.25) is 0 Å². The first kappa shape index (κ1) is 16.9. The first-order valence-corrected chi connectivity index (χ1v) is 7.53. The normalized spacial score (nSPS) is 12.8. The summed E-state index contributed by atoms with van der Waals surface area (Å²) in [6.45, 7) is 6.12. The molecule has 1 amide bonds. The lowest BCUT2D eigenvalue weighted by molar-refractivity contribution is -0.142. The van der Waals surface area contributed by atoms with E-state index in [-0.39, 0.29) is 17.9 Å². The van der Waals surface area contributed by atoms with Crippen LogP contribution in [0.1, 0.15) is 37.6 Å². The molecule has 0 aliphatic heterocycles. The lowest BCUT2D eigenvalue weighted by Gasteiger charge is -2.23. The standard InChI is InChI=1S/C15H20INO3/c1-15(2,3)8-11(14(19)20)9-17-13(18)10-4-6-12(16)7-5-10/h4-7,11H,8-9H2,1-3H3,(H,17,18)(H,19,20). The lowest BCUT2D eigenvalue weighted by Crippen LogP contribution is -2.35. The molecule has 1 aromatic rings. The second-order valence-corrected chi connectivity index (χ2v) is 7.26. The first-order chi connectivity index (χ1) is 9.19. The lowest BCUT2D eigenvalue weighted by atomic mass is 9.84. The minimum atomic E-state index is -0.872. The smallest absolute Gasteiger partial charge is 0.308 e. The number of benzene rings is 1. The molecular weight excluding hydrogens is 369 g/mol. The summed E-state index contributed by atoms with van der Waals surface area (Å²) >= 11 is 2.17. The van der Waals surface area contributed by atoms with Crippen molar-refractivity contribution in [2.24, 2.45) is 11.3 Å². The summed E-state index contributed by atoms with van der Waals surface area (Å²) in [6.07, 6.45) is 0.523. The van der Waals surface area contributed by atoms with Crippen molar-refractivity contribution in [2.45, 2.75) is 27.2 Å². The van der Waals surface area contributed by atoms with Gasteiger partial charge in [0.05, 0.1) is 5.92 Å². The van der Waals surface area contributed by atoms with Gasteiger partial charge < -0.3 is 10.4 Å². The van der Waals surface area contributed by atoms with E-state index in [1.165, 1.54) is 0 Å². The largest absolute Gasteiger partial charge is 0.481 e. The minimum absolute atomic E-state index is 0.0867. The molecule has 1 unspecified atom stereocenters. The molecule has 1 atom stereocenters. The number of hydrogen-bond acceptors (Lipinski definition) is 2. The van der Waals surface area contributed by atoms with E-state index in [1.807, 2.05) is 32.9 Å². The van der Waals surface area contributed by atoms with Gasteiger partial charge in [-0.3, -0.25) is 9.59 Å². The summed E-state index contributed by atoms with van der Waals surface area (Å²) in [5, 5.41) is 11.9. The highest BCUT2D eigenvalue weighted by Crippen LogP contribution is 2.24. The molecule has 0 aliphatic carbocycles. The molecule has 0 spiro atoms. The summed E-state index contributed by atoms with van der Waals surface area (Å²) in [6, 6.07) is 7.16. The zero-order valence-electron chi connectivity index (χ0n) is 11.9. The number of nitrogens with one attached hydrogen (secondary N) is 1. The Morgan fingerprint density at radius 3 is 2.25 bits per heavy atom. The predicted octanol–water partition coefficient (Wildman–Crippen LogP) is 3.16. The third-order valence-electron chi connectivity index (χ3n) is 2.82. The molecule has 0 aromatic heterocycles. The zero-order chi connectivity index (χ0) is 15.3. The average Bonchev–Trinajstić information content (AvgIpc) is 2.33. The second-order valence-electron chi connectivity index (χ2n) is 6.02. The van der Waals surface area contributed by atoms with E-state index in [9.17, 15) is 14.7 Å². The Hall–Kier alpha value is -1.11. The van der Waals surface area contributed by atoms with E-state index in [0.717, 1.165) is 3.57 Å². The van der Waals surface area contributed by atoms with Crippen molar-refractivity contribution in [1.82, 2.24) is 5.32 Å². The highest BCUT2D eigenvalue weighted by Gasteiger charge is 2.25. The number of rotatable bonds is 5. The summed E-state index contributed by atoms with van der Waals surface area (Å²) < 4.78 is 1.05. The first-order valence-electron chi connectivity index (χ1n) is 6.45. The Balaban J connectivity index is 2.61. The summed E-state index contributed by atoms with van der Waals surface area (Å²) in [5.74, 6) is -1.67. The van der Waals surface area contributed by atoms with Crippen molar-refractivity contribution in [1.29, 1.82) is 0 Å². The van der Waals surface area contributed by atoms with Crippen LogP contribution in [-0.2, 0) is 4.79 Å². The number of amides is 1. The van der Waals surface area contributed by atoms with Crippen LogP contribution in [-0.4, -0.2) is 23.5 Å². The quantitative estimate of drug-likeness (QED) is 0.761. The molecule has 20 heavy (non-hydrogen) atoms. The molecule has 110 valence electrons. The second kappa shape index (κ2) is 7.06. The number of carboxylic acid groups (broad SMARTS) is 1. The molecule has 0 saturated carbocycles.